The van der Waals surface area contributed by atoms with Crippen LogP contribution < -0.4 is 15.5 Å². The predicted octanol–water partition coefficient (Wildman–Crippen LogP) is 2.20. The van der Waals surface area contributed by atoms with Crippen molar-refractivity contribution in [1.82, 2.24) is 10.6 Å². The first-order valence-corrected chi connectivity index (χ1v) is 11.1. The summed E-state index contributed by atoms with van der Waals surface area (Å²) in [5.74, 6) is 5.26. The zero-order valence-corrected chi connectivity index (χ0v) is 18.2. The number of anilines is 1. The van der Waals surface area contributed by atoms with Crippen molar-refractivity contribution in [3.63, 3.8) is 0 Å². The summed E-state index contributed by atoms with van der Waals surface area (Å²) in [7, 11) is 1.70. The minimum atomic E-state index is -0.785. The zero-order chi connectivity index (χ0) is 22.5. The second-order valence-corrected chi connectivity index (χ2v) is 8.34. The zero-order valence-electron chi connectivity index (χ0n) is 18.2. The van der Waals surface area contributed by atoms with E-state index < -0.39 is 17.9 Å². The molecule has 2 aromatic rings. The second-order valence-electron chi connectivity index (χ2n) is 8.34. The van der Waals surface area contributed by atoms with Crippen LogP contribution in [0.2, 0.25) is 0 Å². The number of nitrogens with zero attached hydrogens (tertiary/aromatic N) is 1. The first-order valence-electron chi connectivity index (χ1n) is 11.1. The summed E-state index contributed by atoms with van der Waals surface area (Å²) >= 11 is 0. The van der Waals surface area contributed by atoms with Crippen molar-refractivity contribution in [3.8, 4) is 11.8 Å². The van der Waals surface area contributed by atoms with E-state index in [0.29, 0.717) is 31.7 Å². The predicted molar refractivity (Wildman–Crippen MR) is 123 cm³/mol. The monoisotopic (exact) mass is 429 g/mol. The first kappa shape index (κ1) is 21.6. The Labute approximate surface area is 188 Å². The maximum Gasteiger partial charge on any atom is 0.309 e. The van der Waals surface area contributed by atoms with Gasteiger partial charge in [0.05, 0.1) is 0 Å². The van der Waals surface area contributed by atoms with Crippen molar-refractivity contribution in [3.05, 3.63) is 65.2 Å². The number of hydrogen-bond donors (Lipinski definition) is 2. The Balaban J connectivity index is 1.34. The molecule has 3 amide bonds. The van der Waals surface area contributed by atoms with Gasteiger partial charge in [-0.1, -0.05) is 42.2 Å². The Morgan fingerprint density at radius 3 is 2.59 bits per heavy atom. The summed E-state index contributed by atoms with van der Waals surface area (Å²) in [5.41, 5.74) is 3.85. The van der Waals surface area contributed by atoms with E-state index in [2.05, 4.69) is 22.5 Å². The maximum absolute atomic E-state index is 12.9. The van der Waals surface area contributed by atoms with E-state index >= 15 is 0 Å². The molecule has 6 heteroatoms. The third-order valence-corrected chi connectivity index (χ3v) is 5.82. The van der Waals surface area contributed by atoms with Crippen LogP contribution in [0.15, 0.2) is 48.5 Å². The lowest BCUT2D eigenvalue weighted by Gasteiger charge is -2.22. The highest BCUT2D eigenvalue weighted by Crippen LogP contribution is 2.29. The lowest BCUT2D eigenvalue weighted by atomic mass is 10.0. The Kier molecular flexibility index (Phi) is 6.55. The molecule has 164 valence electrons. The molecule has 1 atom stereocenters. The summed E-state index contributed by atoms with van der Waals surface area (Å²) < 4.78 is 0. The van der Waals surface area contributed by atoms with Crippen LogP contribution >= 0.6 is 0 Å². The van der Waals surface area contributed by atoms with Gasteiger partial charge in [-0.05, 0) is 61.4 Å². The number of rotatable bonds is 4. The van der Waals surface area contributed by atoms with Crippen LogP contribution in [0.1, 0.15) is 36.0 Å². The molecule has 0 aromatic heterocycles. The standard InChI is InChI=1S/C26H27N3O3/c1-29-23-14-11-20(10-9-19-7-8-19)17-21(23)12-13-22(26(29)32)28-25(31)24(30)27-16-15-18-5-3-2-4-6-18/h2-6,11,14,17,19,22H,7-8,12-13,15-16H2,1H3,(H,27,30)(H,28,31). The van der Waals surface area contributed by atoms with Gasteiger partial charge in [-0.25, -0.2) is 0 Å². The average molecular weight is 430 g/mol. The fraction of sp³-hybridized carbons (Fsp3) is 0.346. The minimum Gasteiger partial charge on any atom is -0.348 e. The highest BCUT2D eigenvalue weighted by Gasteiger charge is 2.30. The van der Waals surface area contributed by atoms with E-state index in [4.69, 9.17) is 0 Å². The second kappa shape index (κ2) is 9.69. The van der Waals surface area contributed by atoms with Gasteiger partial charge in [0.1, 0.15) is 6.04 Å². The topological polar surface area (TPSA) is 78.5 Å². The summed E-state index contributed by atoms with van der Waals surface area (Å²) in [5, 5.41) is 5.24. The molecule has 1 saturated carbocycles. The van der Waals surface area contributed by atoms with Crippen LogP contribution in [-0.4, -0.2) is 37.4 Å². The van der Waals surface area contributed by atoms with Crippen LogP contribution in [0.25, 0.3) is 0 Å². The van der Waals surface area contributed by atoms with E-state index in [1.807, 2.05) is 48.5 Å². The number of likely N-dealkylation sites (N-methyl/N-ethyl adjacent to an activating group) is 1. The van der Waals surface area contributed by atoms with Crippen molar-refractivity contribution >= 4 is 23.4 Å². The summed E-state index contributed by atoms with van der Waals surface area (Å²) in [6.07, 6.45) is 4.03. The molecule has 2 aliphatic rings. The SMILES string of the molecule is CN1C(=O)C(NC(=O)C(=O)NCCc2ccccc2)CCc2cc(C#CC3CC3)ccc21. The van der Waals surface area contributed by atoms with Gasteiger partial charge < -0.3 is 15.5 Å². The maximum atomic E-state index is 12.9. The fourth-order valence-electron chi connectivity index (χ4n) is 3.78. The third-order valence-electron chi connectivity index (χ3n) is 5.82. The number of amides is 3. The first-order chi connectivity index (χ1) is 15.5. The van der Waals surface area contributed by atoms with Gasteiger partial charge in [0, 0.05) is 30.8 Å². The van der Waals surface area contributed by atoms with E-state index in [0.717, 1.165) is 22.4 Å². The third kappa shape index (κ3) is 5.36. The van der Waals surface area contributed by atoms with E-state index in [9.17, 15) is 14.4 Å². The van der Waals surface area contributed by atoms with Gasteiger partial charge in [-0.3, -0.25) is 14.4 Å². The largest absolute Gasteiger partial charge is 0.348 e. The van der Waals surface area contributed by atoms with E-state index in [1.54, 1.807) is 11.9 Å². The lowest BCUT2D eigenvalue weighted by molar-refractivity contribution is -0.140. The average Bonchev–Trinajstić information content (AvgIpc) is 3.65. The van der Waals surface area contributed by atoms with Gasteiger partial charge in [-0.2, -0.15) is 0 Å². The Morgan fingerprint density at radius 1 is 1.06 bits per heavy atom. The highest BCUT2D eigenvalue weighted by atomic mass is 16.2. The molecule has 32 heavy (non-hydrogen) atoms. The van der Waals surface area contributed by atoms with Crippen LogP contribution in [-0.2, 0) is 27.2 Å². The van der Waals surface area contributed by atoms with Crippen molar-refractivity contribution < 1.29 is 14.4 Å². The summed E-state index contributed by atoms with van der Waals surface area (Å²) in [4.78, 5) is 39.1. The molecule has 1 heterocycles. The van der Waals surface area contributed by atoms with Crippen molar-refractivity contribution in [2.45, 2.75) is 38.1 Å². The lowest BCUT2D eigenvalue weighted by Crippen LogP contribution is -2.51. The molecule has 6 nitrogen and oxygen atoms in total. The van der Waals surface area contributed by atoms with Gasteiger partial charge in [0.2, 0.25) is 5.91 Å². The highest BCUT2D eigenvalue weighted by molar-refractivity contribution is 6.35. The molecule has 1 fully saturated rings. The van der Waals surface area contributed by atoms with Gasteiger partial charge in [0.25, 0.3) is 0 Å². The van der Waals surface area contributed by atoms with Gasteiger partial charge in [-0.15, -0.1) is 0 Å². The van der Waals surface area contributed by atoms with Gasteiger partial charge in [0.15, 0.2) is 0 Å². The normalized spacial score (nSPS) is 17.5. The van der Waals surface area contributed by atoms with Crippen molar-refractivity contribution in [2.75, 3.05) is 18.5 Å². The van der Waals surface area contributed by atoms with Crippen LogP contribution in [0.4, 0.5) is 5.69 Å². The molecule has 0 radical (unpaired) electrons. The Hall–Kier alpha value is -3.59. The van der Waals surface area contributed by atoms with Crippen LogP contribution in [0.3, 0.4) is 0 Å². The molecule has 0 bridgehead atoms. The van der Waals surface area contributed by atoms with Gasteiger partial charge >= 0.3 is 11.8 Å². The minimum absolute atomic E-state index is 0.231. The van der Waals surface area contributed by atoms with Crippen molar-refractivity contribution in [1.29, 1.82) is 0 Å². The number of aryl methyl sites for hydroxylation is 1. The molecular weight excluding hydrogens is 402 g/mol. The number of hydrogen-bond acceptors (Lipinski definition) is 3. The smallest absolute Gasteiger partial charge is 0.309 e. The summed E-state index contributed by atoms with van der Waals surface area (Å²) in [6.45, 7) is 0.352. The number of nitrogens with one attached hydrogen (secondary N) is 2. The van der Waals surface area contributed by atoms with E-state index in [-0.39, 0.29) is 5.91 Å². The molecule has 0 saturated heterocycles. The number of benzene rings is 2. The molecule has 4 rings (SSSR count). The molecule has 2 N–H and O–H groups in total. The van der Waals surface area contributed by atoms with Crippen LogP contribution in [0, 0.1) is 17.8 Å². The molecule has 2 aromatic carbocycles. The van der Waals surface area contributed by atoms with E-state index in [1.165, 1.54) is 12.8 Å². The fourth-order valence-corrected chi connectivity index (χ4v) is 3.78. The molecular formula is C26H27N3O3. The molecule has 1 aliphatic heterocycles. The number of carbonyl (C=O) groups is 3. The molecule has 1 aliphatic carbocycles. The summed E-state index contributed by atoms with van der Waals surface area (Å²) in [6, 6.07) is 14.8. The van der Waals surface area contributed by atoms with Crippen molar-refractivity contribution in [2.24, 2.45) is 5.92 Å². The number of fused-ring (bicyclic) bond motifs is 1. The number of carbonyl (C=O) groups excluding carboxylic acids is 3. The quantitative estimate of drug-likeness (QED) is 0.578. The molecule has 1 unspecified atom stereocenters. The Bertz CT molecular complexity index is 1080. The molecule has 0 spiro atoms. The Morgan fingerprint density at radius 2 is 1.84 bits per heavy atom. The van der Waals surface area contributed by atoms with Crippen LogP contribution in [0.5, 0.6) is 0 Å².